The zero-order valence-electron chi connectivity index (χ0n) is 17.0. The smallest absolute Gasteiger partial charge is 0.257 e. The average Bonchev–Trinajstić information content (AvgIpc) is 2.75. The minimum atomic E-state index is -0.179. The first-order valence-corrected chi connectivity index (χ1v) is 10.7. The Kier molecular flexibility index (Phi) is 8.02. The van der Waals surface area contributed by atoms with E-state index in [9.17, 15) is 4.79 Å². The number of nitrogens with one attached hydrogen (secondary N) is 1. The van der Waals surface area contributed by atoms with Gasteiger partial charge in [0, 0.05) is 38.3 Å². The summed E-state index contributed by atoms with van der Waals surface area (Å²) in [5.41, 5.74) is 1.90. The molecule has 1 amide bonds. The molecular formula is C23H29N3O2S. The Balaban J connectivity index is 1.43. The highest BCUT2D eigenvalue weighted by Gasteiger charge is 2.20. The van der Waals surface area contributed by atoms with Gasteiger partial charge in [-0.3, -0.25) is 15.0 Å². The van der Waals surface area contributed by atoms with E-state index in [1.165, 1.54) is 5.56 Å². The normalized spacial score (nSPS) is 14.4. The molecule has 0 aliphatic carbocycles. The van der Waals surface area contributed by atoms with Crippen molar-refractivity contribution in [3.05, 3.63) is 65.7 Å². The molecule has 1 saturated heterocycles. The van der Waals surface area contributed by atoms with Gasteiger partial charge < -0.3 is 9.64 Å². The van der Waals surface area contributed by atoms with Crippen molar-refractivity contribution in [3.63, 3.8) is 0 Å². The van der Waals surface area contributed by atoms with Crippen molar-refractivity contribution in [1.29, 1.82) is 0 Å². The van der Waals surface area contributed by atoms with Gasteiger partial charge in [0.05, 0.1) is 6.61 Å². The van der Waals surface area contributed by atoms with Crippen molar-refractivity contribution >= 4 is 23.2 Å². The number of carbonyl (C=O) groups is 1. The molecule has 3 rings (SSSR count). The Hall–Kier alpha value is -2.44. The third kappa shape index (κ3) is 6.54. The van der Waals surface area contributed by atoms with Crippen molar-refractivity contribution < 1.29 is 9.53 Å². The zero-order valence-corrected chi connectivity index (χ0v) is 17.8. The van der Waals surface area contributed by atoms with E-state index in [1.807, 2.05) is 18.2 Å². The lowest BCUT2D eigenvalue weighted by Crippen LogP contribution is -2.52. The van der Waals surface area contributed by atoms with Crippen LogP contribution in [0.5, 0.6) is 5.75 Å². The molecule has 0 spiro atoms. The molecule has 5 nitrogen and oxygen atoms in total. The molecule has 0 atom stereocenters. The zero-order chi connectivity index (χ0) is 20.5. The molecule has 0 radical (unpaired) electrons. The van der Waals surface area contributed by atoms with Gasteiger partial charge in [-0.1, -0.05) is 43.7 Å². The van der Waals surface area contributed by atoms with Crippen LogP contribution >= 0.6 is 12.2 Å². The number of piperazine rings is 1. The maximum atomic E-state index is 12.5. The number of carbonyl (C=O) groups excluding carboxylic acids is 1. The predicted octanol–water partition coefficient (Wildman–Crippen LogP) is 3.70. The minimum Gasteiger partial charge on any atom is -0.494 e. The number of hydrogen-bond donors (Lipinski definition) is 1. The molecule has 1 aliphatic rings. The third-order valence-corrected chi connectivity index (χ3v) is 5.37. The molecule has 0 unspecified atom stereocenters. The quantitative estimate of drug-likeness (QED) is 0.556. The van der Waals surface area contributed by atoms with Gasteiger partial charge in [0.25, 0.3) is 5.91 Å². The molecule has 1 aliphatic heterocycles. The number of benzene rings is 2. The van der Waals surface area contributed by atoms with Crippen molar-refractivity contribution in [2.45, 2.75) is 26.3 Å². The summed E-state index contributed by atoms with van der Waals surface area (Å²) in [6.45, 7) is 7.25. The Morgan fingerprint density at radius 3 is 2.38 bits per heavy atom. The topological polar surface area (TPSA) is 44.8 Å². The molecule has 1 heterocycles. The van der Waals surface area contributed by atoms with Crippen LogP contribution in [0.3, 0.4) is 0 Å². The summed E-state index contributed by atoms with van der Waals surface area (Å²) in [5.74, 6) is 0.605. The van der Waals surface area contributed by atoms with E-state index in [-0.39, 0.29) is 5.91 Å². The molecule has 1 fully saturated rings. The molecule has 1 N–H and O–H groups in total. The second-order valence-electron chi connectivity index (χ2n) is 7.23. The molecule has 2 aromatic carbocycles. The van der Waals surface area contributed by atoms with Gasteiger partial charge >= 0.3 is 0 Å². The van der Waals surface area contributed by atoms with Gasteiger partial charge in [-0.25, -0.2) is 0 Å². The summed E-state index contributed by atoms with van der Waals surface area (Å²) >= 11 is 5.47. The first-order valence-electron chi connectivity index (χ1n) is 10.2. The van der Waals surface area contributed by atoms with Crippen LogP contribution in [0.25, 0.3) is 0 Å². The molecule has 0 saturated carbocycles. The monoisotopic (exact) mass is 411 g/mol. The van der Waals surface area contributed by atoms with E-state index < -0.39 is 0 Å². The van der Waals surface area contributed by atoms with Crippen LogP contribution in [0.15, 0.2) is 54.6 Å². The summed E-state index contributed by atoms with van der Waals surface area (Å²) in [7, 11) is 0. The standard InChI is InChI=1S/C23H29N3O2S/c1-2-3-17-28-21-11-9-20(10-12-21)22(27)24-23(29)26-15-13-25(14-16-26)18-19-7-5-4-6-8-19/h4-12H,2-3,13-18H2,1H3,(H,24,27,29). The maximum absolute atomic E-state index is 12.5. The lowest BCUT2D eigenvalue weighted by atomic mass is 10.2. The van der Waals surface area contributed by atoms with E-state index in [0.717, 1.165) is 51.3 Å². The van der Waals surface area contributed by atoms with Crippen LogP contribution in [0.1, 0.15) is 35.7 Å². The number of amides is 1. The number of unbranched alkanes of at least 4 members (excludes halogenated alkanes) is 1. The maximum Gasteiger partial charge on any atom is 0.257 e. The summed E-state index contributed by atoms with van der Waals surface area (Å²) in [4.78, 5) is 17.0. The lowest BCUT2D eigenvalue weighted by Gasteiger charge is -2.36. The van der Waals surface area contributed by atoms with Crippen LogP contribution in [0.4, 0.5) is 0 Å². The Morgan fingerprint density at radius 1 is 1.03 bits per heavy atom. The van der Waals surface area contributed by atoms with Gasteiger partial charge in [0.1, 0.15) is 5.75 Å². The highest BCUT2D eigenvalue weighted by Crippen LogP contribution is 2.13. The van der Waals surface area contributed by atoms with Gasteiger partial charge in [0.15, 0.2) is 5.11 Å². The first kappa shape index (κ1) is 21.3. The van der Waals surface area contributed by atoms with E-state index in [0.29, 0.717) is 17.3 Å². The molecule has 0 bridgehead atoms. The van der Waals surface area contributed by atoms with E-state index in [2.05, 4.69) is 46.3 Å². The summed E-state index contributed by atoms with van der Waals surface area (Å²) < 4.78 is 5.64. The Morgan fingerprint density at radius 2 is 1.72 bits per heavy atom. The van der Waals surface area contributed by atoms with Crippen LogP contribution in [-0.4, -0.2) is 53.6 Å². The minimum absolute atomic E-state index is 0.179. The number of ether oxygens (including phenoxy) is 1. The van der Waals surface area contributed by atoms with Crippen molar-refractivity contribution in [2.24, 2.45) is 0 Å². The fourth-order valence-corrected chi connectivity index (χ4v) is 3.51. The molecule has 6 heteroatoms. The van der Waals surface area contributed by atoms with E-state index in [4.69, 9.17) is 17.0 Å². The predicted molar refractivity (Wildman–Crippen MR) is 120 cm³/mol. The molecule has 29 heavy (non-hydrogen) atoms. The van der Waals surface area contributed by atoms with Gasteiger partial charge in [-0.2, -0.15) is 0 Å². The molecule has 2 aromatic rings. The largest absolute Gasteiger partial charge is 0.494 e. The number of rotatable bonds is 7. The summed E-state index contributed by atoms with van der Waals surface area (Å²) in [6, 6.07) is 17.7. The molecular weight excluding hydrogens is 382 g/mol. The summed E-state index contributed by atoms with van der Waals surface area (Å²) in [5, 5.41) is 3.36. The fraction of sp³-hybridized carbons (Fsp3) is 0.391. The van der Waals surface area contributed by atoms with Crippen molar-refractivity contribution in [3.8, 4) is 5.75 Å². The number of nitrogens with zero attached hydrogens (tertiary/aromatic N) is 2. The highest BCUT2D eigenvalue weighted by molar-refractivity contribution is 7.80. The number of thiocarbonyl (C=S) groups is 1. The molecule has 0 aromatic heterocycles. The first-order chi connectivity index (χ1) is 14.2. The van der Waals surface area contributed by atoms with E-state index in [1.54, 1.807) is 12.1 Å². The van der Waals surface area contributed by atoms with Crippen LogP contribution in [0.2, 0.25) is 0 Å². The average molecular weight is 412 g/mol. The van der Waals surface area contributed by atoms with Crippen molar-refractivity contribution in [1.82, 2.24) is 15.1 Å². The van der Waals surface area contributed by atoms with Gasteiger partial charge in [-0.05, 0) is 48.5 Å². The lowest BCUT2D eigenvalue weighted by molar-refractivity contribution is 0.0969. The van der Waals surface area contributed by atoms with Gasteiger partial charge in [-0.15, -0.1) is 0 Å². The second-order valence-corrected chi connectivity index (χ2v) is 7.62. The summed E-state index contributed by atoms with van der Waals surface area (Å²) in [6.07, 6.45) is 2.12. The SMILES string of the molecule is CCCCOc1ccc(C(=O)NC(=S)N2CCN(Cc3ccccc3)CC2)cc1. The van der Waals surface area contributed by atoms with E-state index >= 15 is 0 Å². The number of hydrogen-bond acceptors (Lipinski definition) is 4. The fourth-order valence-electron chi connectivity index (χ4n) is 3.24. The van der Waals surface area contributed by atoms with Crippen LogP contribution in [-0.2, 0) is 6.54 Å². The van der Waals surface area contributed by atoms with Crippen LogP contribution in [0, 0.1) is 0 Å². The van der Waals surface area contributed by atoms with Crippen LogP contribution < -0.4 is 10.1 Å². The third-order valence-electron chi connectivity index (χ3n) is 5.01. The van der Waals surface area contributed by atoms with Crippen molar-refractivity contribution in [2.75, 3.05) is 32.8 Å². The molecule has 154 valence electrons. The highest BCUT2D eigenvalue weighted by atomic mass is 32.1. The Bertz CT molecular complexity index is 788. The second kappa shape index (κ2) is 10.9. The van der Waals surface area contributed by atoms with Gasteiger partial charge in [0.2, 0.25) is 0 Å². The Labute approximate surface area is 178 Å².